The van der Waals surface area contributed by atoms with Gasteiger partial charge in [0.05, 0.1) is 5.02 Å². The van der Waals surface area contributed by atoms with Crippen LogP contribution in [-0.2, 0) is 23.6 Å². The van der Waals surface area contributed by atoms with Gasteiger partial charge < -0.3 is 9.88 Å². The number of halogens is 1. The van der Waals surface area contributed by atoms with Gasteiger partial charge in [0.1, 0.15) is 4.90 Å². The summed E-state index contributed by atoms with van der Waals surface area (Å²) in [5.74, 6) is 0.122. The van der Waals surface area contributed by atoms with Crippen LogP contribution in [0.2, 0.25) is 5.02 Å². The molecule has 0 saturated heterocycles. The largest absolute Gasteiger partial charge is 0.352 e. The molecule has 2 heterocycles. The van der Waals surface area contributed by atoms with Crippen LogP contribution in [0, 0.1) is 0 Å². The van der Waals surface area contributed by atoms with Gasteiger partial charge >= 0.3 is 0 Å². The van der Waals surface area contributed by atoms with Crippen molar-refractivity contribution < 1.29 is 8.42 Å². The number of hydrogen-bond donors (Lipinski definition) is 2. The number of aryl methyl sites for hydroxylation is 1. The lowest BCUT2D eigenvalue weighted by molar-refractivity contribution is 0.601. The molecule has 0 spiro atoms. The predicted octanol–water partition coefficient (Wildman–Crippen LogP) is 1.98. The predicted molar refractivity (Wildman–Crippen MR) is 82.8 cm³/mol. The second kappa shape index (κ2) is 6.46. The SMILES string of the molecule is CCNCc1cc(S(=O)(=O)Nc2ncccc2Cl)cn1C. The van der Waals surface area contributed by atoms with Crippen molar-refractivity contribution >= 4 is 27.4 Å². The molecule has 0 aliphatic carbocycles. The van der Waals surface area contributed by atoms with Gasteiger partial charge in [-0.05, 0) is 24.7 Å². The van der Waals surface area contributed by atoms with Gasteiger partial charge in [0.15, 0.2) is 5.82 Å². The molecule has 8 heteroatoms. The van der Waals surface area contributed by atoms with Gasteiger partial charge in [-0.15, -0.1) is 0 Å². The van der Waals surface area contributed by atoms with E-state index in [9.17, 15) is 8.42 Å². The Morgan fingerprint density at radius 3 is 2.86 bits per heavy atom. The number of rotatable bonds is 6. The van der Waals surface area contributed by atoms with Gasteiger partial charge in [0.2, 0.25) is 0 Å². The van der Waals surface area contributed by atoms with Crippen LogP contribution in [-0.4, -0.2) is 24.5 Å². The third kappa shape index (κ3) is 3.75. The van der Waals surface area contributed by atoms with E-state index in [1.54, 1.807) is 36.0 Å². The number of aromatic nitrogens is 2. The maximum absolute atomic E-state index is 12.3. The van der Waals surface area contributed by atoms with Crippen molar-refractivity contribution in [3.8, 4) is 0 Å². The number of anilines is 1. The van der Waals surface area contributed by atoms with E-state index < -0.39 is 10.0 Å². The van der Waals surface area contributed by atoms with E-state index in [4.69, 9.17) is 11.6 Å². The number of nitrogens with zero attached hydrogens (tertiary/aromatic N) is 2. The van der Waals surface area contributed by atoms with Crippen molar-refractivity contribution in [1.29, 1.82) is 0 Å². The first kappa shape index (κ1) is 15.8. The first-order valence-electron chi connectivity index (χ1n) is 6.43. The van der Waals surface area contributed by atoms with Crippen LogP contribution in [0.5, 0.6) is 0 Å². The molecule has 114 valence electrons. The Balaban J connectivity index is 2.26. The molecule has 0 amide bonds. The monoisotopic (exact) mass is 328 g/mol. The Hall–Kier alpha value is -1.57. The van der Waals surface area contributed by atoms with Crippen LogP contribution in [0.25, 0.3) is 0 Å². The fourth-order valence-corrected chi connectivity index (χ4v) is 3.15. The average molecular weight is 329 g/mol. The fourth-order valence-electron chi connectivity index (χ4n) is 1.80. The molecular formula is C13H17ClN4O2S. The Kier molecular flexibility index (Phi) is 4.87. The summed E-state index contributed by atoms with van der Waals surface area (Å²) >= 11 is 5.92. The minimum Gasteiger partial charge on any atom is -0.352 e. The van der Waals surface area contributed by atoms with Gasteiger partial charge in [-0.1, -0.05) is 18.5 Å². The van der Waals surface area contributed by atoms with Crippen LogP contribution in [0.15, 0.2) is 35.5 Å². The fraction of sp³-hybridized carbons (Fsp3) is 0.308. The quantitative estimate of drug-likeness (QED) is 0.850. The average Bonchev–Trinajstić information content (AvgIpc) is 2.81. The second-order valence-electron chi connectivity index (χ2n) is 4.50. The van der Waals surface area contributed by atoms with Gasteiger partial charge in [-0.3, -0.25) is 4.72 Å². The van der Waals surface area contributed by atoms with E-state index in [0.29, 0.717) is 6.54 Å². The molecule has 21 heavy (non-hydrogen) atoms. The molecular weight excluding hydrogens is 312 g/mol. The van der Waals surface area contributed by atoms with E-state index in [0.717, 1.165) is 12.2 Å². The lowest BCUT2D eigenvalue weighted by atomic mass is 10.4. The molecule has 0 aliphatic rings. The Bertz CT molecular complexity index is 728. The number of pyridine rings is 1. The van der Waals surface area contributed by atoms with Crippen LogP contribution in [0.4, 0.5) is 5.82 Å². The highest BCUT2D eigenvalue weighted by Crippen LogP contribution is 2.22. The number of nitrogens with one attached hydrogen (secondary N) is 2. The zero-order valence-corrected chi connectivity index (χ0v) is 13.4. The van der Waals surface area contributed by atoms with Crippen molar-refractivity contribution in [3.05, 3.63) is 41.3 Å². The molecule has 0 saturated carbocycles. The zero-order chi connectivity index (χ0) is 15.5. The summed E-state index contributed by atoms with van der Waals surface area (Å²) in [7, 11) is -1.90. The lowest BCUT2D eigenvalue weighted by Crippen LogP contribution is -2.14. The first-order valence-corrected chi connectivity index (χ1v) is 8.29. The number of sulfonamides is 1. The molecule has 0 fully saturated rings. The molecule has 6 nitrogen and oxygen atoms in total. The van der Waals surface area contributed by atoms with Crippen LogP contribution in [0.3, 0.4) is 0 Å². The van der Waals surface area contributed by atoms with Crippen LogP contribution >= 0.6 is 11.6 Å². The third-order valence-corrected chi connectivity index (χ3v) is 4.55. The molecule has 2 aromatic rings. The summed E-state index contributed by atoms with van der Waals surface area (Å²) in [5, 5.41) is 3.41. The normalized spacial score (nSPS) is 11.6. The standard InChI is InChI=1S/C13H17ClN4O2S/c1-3-15-8-10-7-11(9-18(10)2)21(19,20)17-13-12(14)5-4-6-16-13/h4-7,9,15H,3,8H2,1-2H3,(H,16,17). The maximum atomic E-state index is 12.3. The van der Waals surface area contributed by atoms with Crippen molar-refractivity contribution in [2.45, 2.75) is 18.4 Å². The summed E-state index contributed by atoms with van der Waals surface area (Å²) in [6.45, 7) is 3.41. The number of hydrogen-bond acceptors (Lipinski definition) is 4. The molecule has 0 radical (unpaired) electrons. The van der Waals surface area contributed by atoms with Gasteiger partial charge in [-0.2, -0.15) is 0 Å². The molecule has 2 aromatic heterocycles. The van der Waals surface area contributed by atoms with Gasteiger partial charge in [0.25, 0.3) is 10.0 Å². The highest BCUT2D eigenvalue weighted by atomic mass is 35.5. The van der Waals surface area contributed by atoms with E-state index in [2.05, 4.69) is 15.0 Å². The smallest absolute Gasteiger partial charge is 0.264 e. The molecule has 0 aromatic carbocycles. The van der Waals surface area contributed by atoms with E-state index in [-0.39, 0.29) is 15.7 Å². The third-order valence-electron chi connectivity index (χ3n) is 2.94. The topological polar surface area (TPSA) is 76.0 Å². The molecule has 0 unspecified atom stereocenters. The van der Waals surface area contributed by atoms with Crippen LogP contribution in [0.1, 0.15) is 12.6 Å². The summed E-state index contributed by atoms with van der Waals surface area (Å²) in [4.78, 5) is 4.11. The van der Waals surface area contributed by atoms with Gasteiger partial charge in [-0.25, -0.2) is 13.4 Å². The van der Waals surface area contributed by atoms with Gasteiger partial charge in [0, 0.05) is 31.7 Å². The summed E-state index contributed by atoms with van der Waals surface area (Å²) in [6.07, 6.45) is 3.04. The van der Waals surface area contributed by atoms with E-state index >= 15 is 0 Å². The summed E-state index contributed by atoms with van der Waals surface area (Å²) in [6, 6.07) is 4.84. The first-order chi connectivity index (χ1) is 9.94. The zero-order valence-electron chi connectivity index (χ0n) is 11.8. The Morgan fingerprint density at radius 1 is 1.43 bits per heavy atom. The van der Waals surface area contributed by atoms with E-state index in [1.807, 2.05) is 6.92 Å². The van der Waals surface area contributed by atoms with Crippen molar-refractivity contribution in [3.63, 3.8) is 0 Å². The molecule has 0 atom stereocenters. The highest BCUT2D eigenvalue weighted by molar-refractivity contribution is 7.92. The second-order valence-corrected chi connectivity index (χ2v) is 6.59. The maximum Gasteiger partial charge on any atom is 0.264 e. The minimum atomic E-state index is -3.71. The van der Waals surface area contributed by atoms with Crippen molar-refractivity contribution in [2.75, 3.05) is 11.3 Å². The summed E-state index contributed by atoms with van der Waals surface area (Å²) < 4.78 is 28.9. The van der Waals surface area contributed by atoms with E-state index in [1.165, 1.54) is 6.20 Å². The van der Waals surface area contributed by atoms with Crippen LogP contribution < -0.4 is 10.0 Å². The van der Waals surface area contributed by atoms with Crippen molar-refractivity contribution in [1.82, 2.24) is 14.9 Å². The molecule has 2 rings (SSSR count). The lowest BCUT2D eigenvalue weighted by Gasteiger charge is -2.06. The van der Waals surface area contributed by atoms with Crippen molar-refractivity contribution in [2.24, 2.45) is 7.05 Å². The Morgan fingerprint density at radius 2 is 2.19 bits per heavy atom. The summed E-state index contributed by atoms with van der Waals surface area (Å²) in [5.41, 5.74) is 0.879. The molecule has 2 N–H and O–H groups in total. The Labute approximate surface area is 129 Å². The molecule has 0 bridgehead atoms. The minimum absolute atomic E-state index is 0.122. The molecule has 0 aliphatic heterocycles. The highest BCUT2D eigenvalue weighted by Gasteiger charge is 2.19.